The zero-order valence-corrected chi connectivity index (χ0v) is 11.8. The molecule has 0 bridgehead atoms. The van der Waals surface area contributed by atoms with Crippen LogP contribution in [0, 0.1) is 10.8 Å². The summed E-state index contributed by atoms with van der Waals surface area (Å²) in [7, 11) is 0. The van der Waals surface area contributed by atoms with Gasteiger partial charge in [-0.1, -0.05) is 39.8 Å². The molecule has 0 aliphatic carbocycles. The van der Waals surface area contributed by atoms with E-state index in [1.807, 2.05) is 26.0 Å². The fourth-order valence-corrected chi connectivity index (χ4v) is 1.51. The Balaban J connectivity index is 2.47. The Morgan fingerprint density at radius 2 is 1.83 bits per heavy atom. The Bertz CT molecular complexity index is 393. The molecule has 100 valence electrons. The largest absolute Gasteiger partial charge is 0.494 e. The minimum Gasteiger partial charge on any atom is -0.494 e. The zero-order valence-electron chi connectivity index (χ0n) is 11.8. The summed E-state index contributed by atoms with van der Waals surface area (Å²) in [5, 5.41) is 7.48. The molecule has 0 atom stereocenters. The zero-order chi connectivity index (χ0) is 13.8. The maximum Gasteiger partial charge on any atom is 0.119 e. The van der Waals surface area contributed by atoms with Crippen molar-refractivity contribution in [1.29, 1.82) is 5.41 Å². The summed E-state index contributed by atoms with van der Waals surface area (Å²) >= 11 is 0. The molecule has 0 unspecified atom stereocenters. The van der Waals surface area contributed by atoms with E-state index in [0.717, 1.165) is 12.2 Å². The molecule has 0 amide bonds. The standard InChI is InChI=1S/C15H24N2O/c1-11(2)12-5-7-13(8-6-12)18-10-9-15(3,4)14(16)17/h5-8,11H,9-10H2,1-4H3,(H3,16,17). The summed E-state index contributed by atoms with van der Waals surface area (Å²) in [6, 6.07) is 8.18. The molecular weight excluding hydrogens is 224 g/mol. The van der Waals surface area contributed by atoms with Crippen LogP contribution in [-0.2, 0) is 0 Å². The number of amidine groups is 1. The van der Waals surface area contributed by atoms with E-state index in [9.17, 15) is 0 Å². The molecule has 0 spiro atoms. The van der Waals surface area contributed by atoms with Crippen molar-refractivity contribution in [3.8, 4) is 5.75 Å². The van der Waals surface area contributed by atoms with Crippen LogP contribution in [-0.4, -0.2) is 12.4 Å². The van der Waals surface area contributed by atoms with E-state index in [1.165, 1.54) is 5.56 Å². The van der Waals surface area contributed by atoms with E-state index < -0.39 is 0 Å². The molecule has 0 aliphatic heterocycles. The third-order valence-corrected chi connectivity index (χ3v) is 3.27. The first-order valence-corrected chi connectivity index (χ1v) is 6.40. The van der Waals surface area contributed by atoms with Gasteiger partial charge in [0.15, 0.2) is 0 Å². The Morgan fingerprint density at radius 1 is 1.28 bits per heavy atom. The van der Waals surface area contributed by atoms with Crippen LogP contribution in [0.25, 0.3) is 0 Å². The van der Waals surface area contributed by atoms with Gasteiger partial charge in [-0.05, 0) is 30.0 Å². The molecule has 0 saturated carbocycles. The van der Waals surface area contributed by atoms with Gasteiger partial charge >= 0.3 is 0 Å². The van der Waals surface area contributed by atoms with Crippen molar-refractivity contribution in [3.05, 3.63) is 29.8 Å². The molecule has 0 aromatic heterocycles. The molecule has 0 aliphatic rings. The van der Waals surface area contributed by atoms with Crippen LogP contribution < -0.4 is 10.5 Å². The van der Waals surface area contributed by atoms with Crippen molar-refractivity contribution < 1.29 is 4.74 Å². The van der Waals surface area contributed by atoms with Crippen LogP contribution in [0.3, 0.4) is 0 Å². The smallest absolute Gasteiger partial charge is 0.119 e. The fraction of sp³-hybridized carbons (Fsp3) is 0.533. The van der Waals surface area contributed by atoms with E-state index >= 15 is 0 Å². The number of nitrogens with two attached hydrogens (primary N) is 1. The molecule has 3 heteroatoms. The number of benzene rings is 1. The second kappa shape index (κ2) is 5.89. The molecule has 3 N–H and O–H groups in total. The lowest BCUT2D eigenvalue weighted by atomic mass is 9.88. The molecule has 0 fully saturated rings. The molecule has 1 rings (SSSR count). The molecule has 3 nitrogen and oxygen atoms in total. The van der Waals surface area contributed by atoms with Crippen LogP contribution in [0.1, 0.15) is 45.6 Å². The molecular formula is C15H24N2O. The van der Waals surface area contributed by atoms with Crippen molar-refractivity contribution in [3.63, 3.8) is 0 Å². The predicted octanol–water partition coefficient (Wildman–Crippen LogP) is 3.54. The van der Waals surface area contributed by atoms with Gasteiger partial charge in [0, 0.05) is 5.41 Å². The van der Waals surface area contributed by atoms with Gasteiger partial charge < -0.3 is 10.5 Å². The number of hydrogen-bond acceptors (Lipinski definition) is 2. The van der Waals surface area contributed by atoms with Gasteiger partial charge in [-0.3, -0.25) is 5.41 Å². The van der Waals surface area contributed by atoms with E-state index in [0.29, 0.717) is 12.5 Å². The minimum absolute atomic E-state index is 0.209. The highest BCUT2D eigenvalue weighted by atomic mass is 16.5. The second-order valence-corrected chi connectivity index (χ2v) is 5.62. The normalized spacial score (nSPS) is 11.6. The van der Waals surface area contributed by atoms with Gasteiger partial charge in [0.25, 0.3) is 0 Å². The first-order valence-electron chi connectivity index (χ1n) is 6.40. The van der Waals surface area contributed by atoms with Gasteiger partial charge in [-0.15, -0.1) is 0 Å². The van der Waals surface area contributed by atoms with E-state index in [-0.39, 0.29) is 11.3 Å². The van der Waals surface area contributed by atoms with E-state index in [4.69, 9.17) is 15.9 Å². The van der Waals surface area contributed by atoms with Crippen molar-refractivity contribution >= 4 is 5.84 Å². The highest BCUT2D eigenvalue weighted by Gasteiger charge is 2.21. The lowest BCUT2D eigenvalue weighted by Gasteiger charge is -2.22. The lowest BCUT2D eigenvalue weighted by Crippen LogP contribution is -2.32. The summed E-state index contributed by atoms with van der Waals surface area (Å²) < 4.78 is 5.67. The molecule has 0 radical (unpaired) electrons. The number of hydrogen-bond donors (Lipinski definition) is 2. The predicted molar refractivity (Wildman–Crippen MR) is 76.3 cm³/mol. The van der Waals surface area contributed by atoms with E-state index in [1.54, 1.807) is 0 Å². The van der Waals surface area contributed by atoms with Gasteiger partial charge in [0.2, 0.25) is 0 Å². The number of rotatable bonds is 6. The quantitative estimate of drug-likeness (QED) is 0.597. The van der Waals surface area contributed by atoms with Crippen LogP contribution in [0.4, 0.5) is 0 Å². The summed E-state index contributed by atoms with van der Waals surface area (Å²) in [5.74, 6) is 1.62. The van der Waals surface area contributed by atoms with Crippen molar-refractivity contribution in [2.24, 2.45) is 11.1 Å². The third kappa shape index (κ3) is 4.06. The Morgan fingerprint density at radius 3 is 2.28 bits per heavy atom. The fourth-order valence-electron chi connectivity index (χ4n) is 1.51. The van der Waals surface area contributed by atoms with Crippen LogP contribution in [0.5, 0.6) is 5.75 Å². The van der Waals surface area contributed by atoms with Gasteiger partial charge in [0.1, 0.15) is 5.75 Å². The molecule has 0 saturated heterocycles. The minimum atomic E-state index is -0.294. The van der Waals surface area contributed by atoms with Crippen LogP contribution in [0.2, 0.25) is 0 Å². The van der Waals surface area contributed by atoms with Crippen molar-refractivity contribution in [1.82, 2.24) is 0 Å². The molecule has 1 aromatic rings. The van der Waals surface area contributed by atoms with Crippen molar-refractivity contribution in [2.45, 2.75) is 40.0 Å². The number of nitrogens with one attached hydrogen (secondary N) is 1. The van der Waals surface area contributed by atoms with Gasteiger partial charge in [0.05, 0.1) is 12.4 Å². The first kappa shape index (κ1) is 14.6. The van der Waals surface area contributed by atoms with E-state index in [2.05, 4.69) is 26.0 Å². The van der Waals surface area contributed by atoms with Crippen LogP contribution in [0.15, 0.2) is 24.3 Å². The molecule has 18 heavy (non-hydrogen) atoms. The van der Waals surface area contributed by atoms with Gasteiger partial charge in [-0.2, -0.15) is 0 Å². The Kier molecular flexibility index (Phi) is 4.76. The lowest BCUT2D eigenvalue weighted by molar-refractivity contribution is 0.268. The molecule has 1 aromatic carbocycles. The monoisotopic (exact) mass is 248 g/mol. The summed E-state index contributed by atoms with van der Waals surface area (Å²) in [6.45, 7) is 8.84. The molecule has 0 heterocycles. The average Bonchev–Trinajstić information content (AvgIpc) is 2.29. The summed E-state index contributed by atoms with van der Waals surface area (Å²) in [4.78, 5) is 0. The summed E-state index contributed by atoms with van der Waals surface area (Å²) in [6.07, 6.45) is 0.744. The third-order valence-electron chi connectivity index (χ3n) is 3.27. The SMILES string of the molecule is CC(C)c1ccc(OCCC(C)(C)C(=N)N)cc1. The highest BCUT2D eigenvalue weighted by molar-refractivity contribution is 5.82. The van der Waals surface area contributed by atoms with Crippen molar-refractivity contribution in [2.75, 3.05) is 6.61 Å². The Labute approximate surface area is 110 Å². The maximum atomic E-state index is 7.48. The Hall–Kier alpha value is -1.51. The maximum absolute atomic E-state index is 7.48. The van der Waals surface area contributed by atoms with Gasteiger partial charge in [-0.25, -0.2) is 0 Å². The summed E-state index contributed by atoms with van der Waals surface area (Å²) in [5.41, 5.74) is 6.55. The van der Waals surface area contributed by atoms with Crippen LogP contribution >= 0.6 is 0 Å². The topological polar surface area (TPSA) is 59.1 Å². The number of ether oxygens (including phenoxy) is 1. The highest BCUT2D eigenvalue weighted by Crippen LogP contribution is 2.22. The average molecular weight is 248 g/mol. The first-order chi connectivity index (χ1) is 8.33. The second-order valence-electron chi connectivity index (χ2n) is 5.62.